The Morgan fingerprint density at radius 2 is 1.81 bits per heavy atom. The molecule has 144 valence electrons. The standard InChI is InChI=1S/C19H22FN3O3S/c1-14-11-17(22-7-5-21-6-8-22)19-18(12-14)23(9-10-26-19)27(24,25)16-4-2-3-15(20)13-16/h2-4,11-13,21H,5-10H2,1H3. The van der Waals surface area contributed by atoms with E-state index in [4.69, 9.17) is 4.74 Å². The van der Waals surface area contributed by atoms with Gasteiger partial charge in [0.25, 0.3) is 10.0 Å². The fraction of sp³-hybridized carbons (Fsp3) is 0.368. The van der Waals surface area contributed by atoms with Gasteiger partial charge in [-0.25, -0.2) is 12.8 Å². The van der Waals surface area contributed by atoms with Crippen molar-refractivity contribution in [1.82, 2.24) is 5.32 Å². The van der Waals surface area contributed by atoms with Gasteiger partial charge in [-0.1, -0.05) is 6.07 Å². The highest BCUT2D eigenvalue weighted by Crippen LogP contribution is 2.43. The van der Waals surface area contributed by atoms with Gasteiger partial charge in [0.15, 0.2) is 5.75 Å². The summed E-state index contributed by atoms with van der Waals surface area (Å²) in [7, 11) is -3.88. The van der Waals surface area contributed by atoms with Crippen LogP contribution in [0, 0.1) is 12.7 Å². The highest BCUT2D eigenvalue weighted by Gasteiger charge is 2.33. The molecule has 1 N–H and O–H groups in total. The van der Waals surface area contributed by atoms with Crippen LogP contribution in [0.1, 0.15) is 5.56 Å². The number of piperazine rings is 1. The summed E-state index contributed by atoms with van der Waals surface area (Å²) in [5, 5.41) is 3.31. The summed E-state index contributed by atoms with van der Waals surface area (Å²) in [5.41, 5.74) is 2.37. The van der Waals surface area contributed by atoms with Crippen LogP contribution >= 0.6 is 0 Å². The molecule has 1 saturated heterocycles. The fourth-order valence-electron chi connectivity index (χ4n) is 3.56. The van der Waals surface area contributed by atoms with Crippen molar-refractivity contribution in [2.75, 3.05) is 48.5 Å². The van der Waals surface area contributed by atoms with Crippen molar-refractivity contribution in [3.05, 3.63) is 47.8 Å². The molecule has 0 saturated carbocycles. The highest BCUT2D eigenvalue weighted by molar-refractivity contribution is 7.92. The first kappa shape index (κ1) is 18.1. The predicted molar refractivity (Wildman–Crippen MR) is 103 cm³/mol. The molecule has 6 nitrogen and oxygen atoms in total. The first-order valence-electron chi connectivity index (χ1n) is 8.98. The van der Waals surface area contributed by atoms with Gasteiger partial charge in [0, 0.05) is 26.2 Å². The van der Waals surface area contributed by atoms with E-state index in [1.54, 1.807) is 0 Å². The number of hydrogen-bond donors (Lipinski definition) is 1. The number of sulfonamides is 1. The molecule has 0 atom stereocenters. The molecule has 2 aliphatic rings. The van der Waals surface area contributed by atoms with Gasteiger partial charge in [0.1, 0.15) is 12.4 Å². The number of halogens is 1. The van der Waals surface area contributed by atoms with Crippen molar-refractivity contribution < 1.29 is 17.5 Å². The fourth-order valence-corrected chi connectivity index (χ4v) is 5.04. The lowest BCUT2D eigenvalue weighted by atomic mass is 10.1. The van der Waals surface area contributed by atoms with Gasteiger partial charge in [0.2, 0.25) is 0 Å². The van der Waals surface area contributed by atoms with E-state index in [2.05, 4.69) is 10.2 Å². The Bertz CT molecular complexity index is 959. The number of aryl methyl sites for hydroxylation is 1. The van der Waals surface area contributed by atoms with Gasteiger partial charge in [-0.3, -0.25) is 4.31 Å². The Morgan fingerprint density at radius 3 is 2.56 bits per heavy atom. The van der Waals surface area contributed by atoms with Crippen LogP contribution in [0.15, 0.2) is 41.3 Å². The minimum absolute atomic E-state index is 0.0550. The van der Waals surface area contributed by atoms with Crippen LogP contribution in [0.3, 0.4) is 0 Å². The molecule has 2 aromatic carbocycles. The average Bonchev–Trinajstić information content (AvgIpc) is 2.67. The number of fused-ring (bicyclic) bond motifs is 1. The third-order valence-electron chi connectivity index (χ3n) is 4.85. The molecule has 0 bridgehead atoms. The number of rotatable bonds is 3. The Hall–Kier alpha value is -2.32. The largest absolute Gasteiger partial charge is 0.487 e. The molecule has 2 aromatic rings. The van der Waals surface area contributed by atoms with Gasteiger partial charge in [-0.2, -0.15) is 0 Å². The first-order chi connectivity index (χ1) is 13.0. The molecule has 0 unspecified atom stereocenters. The van der Waals surface area contributed by atoms with Gasteiger partial charge in [0.05, 0.1) is 22.8 Å². The van der Waals surface area contributed by atoms with Crippen LogP contribution in [0.25, 0.3) is 0 Å². The zero-order valence-electron chi connectivity index (χ0n) is 15.1. The topological polar surface area (TPSA) is 61.9 Å². The minimum Gasteiger partial charge on any atom is -0.487 e. The minimum atomic E-state index is -3.88. The maximum atomic E-state index is 13.6. The van der Waals surface area contributed by atoms with Crippen LogP contribution in [-0.2, 0) is 10.0 Å². The predicted octanol–water partition coefficient (Wildman–Crippen LogP) is 2.13. The van der Waals surface area contributed by atoms with E-state index in [-0.39, 0.29) is 18.0 Å². The van der Waals surface area contributed by atoms with Crippen molar-refractivity contribution in [2.45, 2.75) is 11.8 Å². The molecule has 4 rings (SSSR count). The molecular formula is C19H22FN3O3S. The Labute approximate surface area is 158 Å². The second-order valence-electron chi connectivity index (χ2n) is 6.75. The van der Waals surface area contributed by atoms with Crippen LogP contribution < -0.4 is 19.3 Å². The van der Waals surface area contributed by atoms with E-state index in [1.165, 1.54) is 22.5 Å². The van der Waals surface area contributed by atoms with E-state index in [1.807, 2.05) is 19.1 Å². The smallest absolute Gasteiger partial charge is 0.264 e. The van der Waals surface area contributed by atoms with Crippen LogP contribution in [-0.4, -0.2) is 47.7 Å². The van der Waals surface area contributed by atoms with Gasteiger partial charge in [-0.05, 0) is 42.8 Å². The molecular weight excluding hydrogens is 369 g/mol. The quantitative estimate of drug-likeness (QED) is 0.869. The molecule has 0 aliphatic carbocycles. The lowest BCUT2D eigenvalue weighted by molar-refractivity contribution is 0.315. The van der Waals surface area contributed by atoms with Crippen molar-refractivity contribution in [2.24, 2.45) is 0 Å². The molecule has 2 aliphatic heterocycles. The van der Waals surface area contributed by atoms with Crippen molar-refractivity contribution in [3.8, 4) is 5.75 Å². The summed E-state index contributed by atoms with van der Waals surface area (Å²) >= 11 is 0. The summed E-state index contributed by atoms with van der Waals surface area (Å²) in [6, 6.07) is 8.96. The zero-order chi connectivity index (χ0) is 19.0. The summed E-state index contributed by atoms with van der Waals surface area (Å²) in [5.74, 6) is 0.00374. The molecule has 8 heteroatoms. The SMILES string of the molecule is Cc1cc(N2CCNCC2)c2c(c1)N(S(=O)(=O)c1cccc(F)c1)CCO2. The van der Waals surface area contributed by atoms with E-state index in [0.29, 0.717) is 11.4 Å². The van der Waals surface area contributed by atoms with Crippen molar-refractivity contribution in [1.29, 1.82) is 0 Å². The number of benzene rings is 2. The van der Waals surface area contributed by atoms with Crippen molar-refractivity contribution in [3.63, 3.8) is 0 Å². The summed E-state index contributed by atoms with van der Waals surface area (Å²) in [6.07, 6.45) is 0. The van der Waals surface area contributed by atoms with E-state index in [0.717, 1.165) is 43.5 Å². The Balaban J connectivity index is 1.80. The van der Waals surface area contributed by atoms with Crippen LogP contribution in [0.5, 0.6) is 5.75 Å². The second-order valence-corrected chi connectivity index (χ2v) is 8.61. The monoisotopic (exact) mass is 391 g/mol. The third kappa shape index (κ3) is 3.35. The van der Waals surface area contributed by atoms with E-state index >= 15 is 0 Å². The van der Waals surface area contributed by atoms with Gasteiger partial charge < -0.3 is 15.0 Å². The normalized spacial score (nSPS) is 17.4. The number of nitrogens with zero attached hydrogens (tertiary/aromatic N) is 2. The van der Waals surface area contributed by atoms with E-state index in [9.17, 15) is 12.8 Å². The summed E-state index contributed by atoms with van der Waals surface area (Å²) < 4.78 is 47.2. The molecule has 1 fully saturated rings. The lowest BCUT2D eigenvalue weighted by Crippen LogP contribution is -2.44. The highest BCUT2D eigenvalue weighted by atomic mass is 32.2. The van der Waals surface area contributed by atoms with Crippen molar-refractivity contribution >= 4 is 21.4 Å². The molecule has 0 radical (unpaired) electrons. The molecule has 2 heterocycles. The maximum Gasteiger partial charge on any atom is 0.264 e. The summed E-state index contributed by atoms with van der Waals surface area (Å²) in [6.45, 7) is 5.78. The molecule has 0 amide bonds. The van der Waals surface area contributed by atoms with Gasteiger partial charge >= 0.3 is 0 Å². The second kappa shape index (κ2) is 7.01. The zero-order valence-corrected chi connectivity index (χ0v) is 15.9. The molecule has 27 heavy (non-hydrogen) atoms. The Kier molecular flexibility index (Phi) is 4.69. The van der Waals surface area contributed by atoms with Crippen LogP contribution in [0.2, 0.25) is 0 Å². The number of anilines is 2. The Morgan fingerprint density at radius 1 is 1.07 bits per heavy atom. The molecule has 0 spiro atoms. The van der Waals surface area contributed by atoms with E-state index < -0.39 is 15.8 Å². The third-order valence-corrected chi connectivity index (χ3v) is 6.65. The molecule has 0 aromatic heterocycles. The first-order valence-corrected chi connectivity index (χ1v) is 10.4. The maximum absolute atomic E-state index is 13.6. The lowest BCUT2D eigenvalue weighted by Gasteiger charge is -2.36. The van der Waals surface area contributed by atoms with Crippen LogP contribution in [0.4, 0.5) is 15.8 Å². The summed E-state index contributed by atoms with van der Waals surface area (Å²) in [4.78, 5) is 2.15. The number of ether oxygens (including phenoxy) is 1. The average molecular weight is 391 g/mol. The number of hydrogen-bond acceptors (Lipinski definition) is 5. The number of nitrogens with one attached hydrogen (secondary N) is 1. The van der Waals surface area contributed by atoms with Gasteiger partial charge in [-0.15, -0.1) is 0 Å².